The number of nitrogens with one attached hydrogen (secondary N) is 4. The van der Waals surface area contributed by atoms with E-state index in [1.54, 1.807) is 48.8 Å². The van der Waals surface area contributed by atoms with Crippen LogP contribution in [-0.2, 0) is 0 Å². The molecule has 0 saturated heterocycles. The molecule has 2 aliphatic rings. The van der Waals surface area contributed by atoms with Crippen LogP contribution in [0.5, 0.6) is 23.3 Å². The van der Waals surface area contributed by atoms with Crippen molar-refractivity contribution in [3.63, 3.8) is 0 Å². The lowest BCUT2D eigenvalue weighted by Gasteiger charge is -2.05. The second kappa shape index (κ2) is 8.98. The van der Waals surface area contributed by atoms with Crippen LogP contribution in [0, 0.1) is 0 Å². The number of H-pyrrole nitrogens is 2. The summed E-state index contributed by atoms with van der Waals surface area (Å²) in [6.45, 7) is 0. The van der Waals surface area contributed by atoms with Crippen LogP contribution in [0.25, 0.3) is 33.6 Å². The lowest BCUT2D eigenvalue weighted by Crippen LogP contribution is -1.97. The molecule has 0 saturated carbocycles. The van der Waals surface area contributed by atoms with Crippen molar-refractivity contribution in [3.05, 3.63) is 67.3 Å². The first-order valence-corrected chi connectivity index (χ1v) is 11.3. The van der Waals surface area contributed by atoms with Crippen molar-refractivity contribution in [1.82, 2.24) is 34.9 Å². The predicted octanol–water partition coefficient (Wildman–Crippen LogP) is 4.07. The lowest BCUT2D eigenvalue weighted by molar-refractivity contribution is 0.455. The van der Waals surface area contributed by atoms with Crippen LogP contribution < -0.4 is 10.6 Å². The normalized spacial score (nSPS) is 11.1. The fraction of sp³-hybridized carbons (Fsp3) is 0. The first-order chi connectivity index (χ1) is 18.5. The summed E-state index contributed by atoms with van der Waals surface area (Å²) in [6.07, 6.45) is 4.47. The Morgan fingerprint density at radius 3 is 1.47 bits per heavy atom. The van der Waals surface area contributed by atoms with Gasteiger partial charge in [-0.15, -0.1) is 0 Å². The van der Waals surface area contributed by atoms with E-state index in [0.717, 1.165) is 0 Å². The molecule has 0 radical (unpaired) electrons. The number of rotatable bonds is 6. The number of aromatic hydroxyl groups is 4. The molecule has 4 heterocycles. The van der Waals surface area contributed by atoms with E-state index >= 15 is 0 Å². The molecule has 38 heavy (non-hydrogen) atoms. The van der Waals surface area contributed by atoms with Gasteiger partial charge in [-0.25, -0.2) is 19.9 Å². The largest absolute Gasteiger partial charge is 0.507 e. The number of aromatic amines is 2. The van der Waals surface area contributed by atoms with Crippen LogP contribution >= 0.6 is 0 Å². The third-order valence-corrected chi connectivity index (χ3v) is 5.74. The summed E-state index contributed by atoms with van der Waals surface area (Å²) >= 11 is 0. The number of phenols is 2. The smallest absolute Gasteiger partial charge is 0.218 e. The summed E-state index contributed by atoms with van der Waals surface area (Å²) in [6, 6.07) is 13.0. The zero-order valence-corrected chi connectivity index (χ0v) is 19.4. The van der Waals surface area contributed by atoms with Gasteiger partial charge < -0.3 is 31.1 Å². The van der Waals surface area contributed by atoms with Gasteiger partial charge in [-0.2, -0.15) is 0 Å². The molecule has 0 unspecified atom stereocenters. The van der Waals surface area contributed by atoms with Gasteiger partial charge >= 0.3 is 0 Å². The number of fused-ring (bicyclic) bond motifs is 1. The summed E-state index contributed by atoms with van der Waals surface area (Å²) in [5, 5.41) is 47.0. The summed E-state index contributed by atoms with van der Waals surface area (Å²) in [4.78, 5) is 27.1. The molecular formula is C25H19N9O4. The summed E-state index contributed by atoms with van der Waals surface area (Å²) in [5.41, 5.74) is 2.20. The Kier molecular flexibility index (Phi) is 5.34. The fourth-order valence-electron chi connectivity index (χ4n) is 3.98. The number of imidazole rings is 2. The molecule has 0 aliphatic carbocycles. The van der Waals surface area contributed by atoms with Crippen molar-refractivity contribution in [2.75, 3.05) is 10.6 Å². The molecule has 6 rings (SSSR count). The van der Waals surface area contributed by atoms with Gasteiger partial charge in [0.15, 0.2) is 0 Å². The highest BCUT2D eigenvalue weighted by Gasteiger charge is 2.20. The molecule has 188 valence electrons. The third kappa shape index (κ3) is 3.99. The summed E-state index contributed by atoms with van der Waals surface area (Å²) in [7, 11) is 0. The Labute approximate surface area is 213 Å². The number of nitrogens with zero attached hydrogens (tertiary/aromatic N) is 5. The highest BCUT2D eigenvalue weighted by Crippen LogP contribution is 2.38. The van der Waals surface area contributed by atoms with Gasteiger partial charge in [-0.05, 0) is 24.3 Å². The van der Waals surface area contributed by atoms with Crippen molar-refractivity contribution in [1.29, 1.82) is 0 Å². The second-order valence-corrected chi connectivity index (χ2v) is 8.16. The van der Waals surface area contributed by atoms with E-state index in [-0.39, 0.29) is 46.5 Å². The van der Waals surface area contributed by atoms with Crippen molar-refractivity contribution in [3.8, 4) is 56.9 Å². The number of aromatic nitrogens is 7. The van der Waals surface area contributed by atoms with E-state index in [1.165, 1.54) is 18.5 Å². The molecule has 2 aliphatic heterocycles. The second-order valence-electron chi connectivity index (χ2n) is 8.16. The number of phenolic OH excluding ortho intramolecular Hbond substituents is 2. The quantitative estimate of drug-likeness (QED) is 0.161. The molecule has 0 amide bonds. The van der Waals surface area contributed by atoms with Gasteiger partial charge in [0.25, 0.3) is 0 Å². The number of hydrogen-bond donors (Lipinski definition) is 8. The number of hydrogen-bond acceptors (Lipinski definition) is 11. The highest BCUT2D eigenvalue weighted by atomic mass is 16.3. The molecule has 13 nitrogen and oxygen atoms in total. The number of benzene rings is 2. The predicted molar refractivity (Wildman–Crippen MR) is 138 cm³/mol. The zero-order chi connectivity index (χ0) is 26.2. The monoisotopic (exact) mass is 509 g/mol. The van der Waals surface area contributed by atoms with Gasteiger partial charge in [0.2, 0.25) is 23.7 Å². The topological polar surface area (TPSA) is 201 Å². The molecule has 13 heteroatoms. The van der Waals surface area contributed by atoms with Crippen LogP contribution in [0.15, 0.2) is 67.3 Å². The Morgan fingerprint density at radius 1 is 0.579 bits per heavy atom. The summed E-state index contributed by atoms with van der Waals surface area (Å²) in [5.74, 6) is 0.527. The molecule has 8 N–H and O–H groups in total. The third-order valence-electron chi connectivity index (χ3n) is 5.74. The SMILES string of the molecule is Oc1ccccc1-c1nc(Nc2ncnc(Nc3nc(-c4ccccc4O)c(O)[nH]3)c3cncc2-3)[nH]c1O. The van der Waals surface area contributed by atoms with Gasteiger partial charge in [-0.1, -0.05) is 24.3 Å². The first kappa shape index (κ1) is 22.6. The molecule has 2 aromatic carbocycles. The highest BCUT2D eigenvalue weighted by molar-refractivity contribution is 5.86. The van der Waals surface area contributed by atoms with Crippen molar-refractivity contribution in [2.24, 2.45) is 0 Å². The minimum Gasteiger partial charge on any atom is -0.507 e. The molecule has 0 fully saturated rings. The van der Waals surface area contributed by atoms with Crippen LogP contribution in [0.4, 0.5) is 23.5 Å². The molecule has 2 aromatic heterocycles. The molecule has 0 spiro atoms. The van der Waals surface area contributed by atoms with Crippen molar-refractivity contribution >= 4 is 23.5 Å². The van der Waals surface area contributed by atoms with E-state index < -0.39 is 0 Å². The van der Waals surface area contributed by atoms with Crippen LogP contribution in [0.3, 0.4) is 0 Å². The Hall–Kier alpha value is -5.85. The van der Waals surface area contributed by atoms with Crippen molar-refractivity contribution in [2.45, 2.75) is 0 Å². The minimum atomic E-state index is -0.232. The van der Waals surface area contributed by atoms with Crippen LogP contribution in [0.2, 0.25) is 0 Å². The molecule has 4 aromatic rings. The minimum absolute atomic E-state index is 0.0257. The van der Waals surface area contributed by atoms with E-state index in [2.05, 4.69) is 45.5 Å². The average Bonchev–Trinajstić information content (AvgIpc) is 3.59. The molecule has 0 atom stereocenters. The number of para-hydroxylation sites is 2. The average molecular weight is 509 g/mol. The molecule has 0 bridgehead atoms. The van der Waals surface area contributed by atoms with Crippen LogP contribution in [0.1, 0.15) is 0 Å². The zero-order valence-electron chi connectivity index (χ0n) is 19.4. The van der Waals surface area contributed by atoms with E-state index in [1.807, 2.05) is 0 Å². The standard InChI is InChI=1S/C25H19N9O4/c35-16-7-3-1-5-12(16)18-22(37)33-24(29-18)31-20-14-9-26-10-15(14)21(28-11-27-20)32-25-30-19(23(38)34-25)13-6-2-4-8-17(13)36/h1-11,35-38H,(H4,27,28,29,30,31,32,33,34). The van der Waals surface area contributed by atoms with Crippen molar-refractivity contribution < 1.29 is 20.4 Å². The summed E-state index contributed by atoms with van der Waals surface area (Å²) < 4.78 is 0. The fourth-order valence-corrected chi connectivity index (χ4v) is 3.98. The van der Waals surface area contributed by atoms with Gasteiger partial charge in [0, 0.05) is 34.6 Å². The Bertz CT molecular complexity index is 1620. The lowest BCUT2D eigenvalue weighted by atomic mass is 10.1. The Morgan fingerprint density at radius 2 is 1.03 bits per heavy atom. The van der Waals surface area contributed by atoms with Crippen LogP contribution in [-0.4, -0.2) is 55.3 Å². The van der Waals surface area contributed by atoms with E-state index in [0.29, 0.717) is 33.9 Å². The van der Waals surface area contributed by atoms with E-state index in [4.69, 9.17) is 0 Å². The number of anilines is 4. The van der Waals surface area contributed by atoms with E-state index in [9.17, 15) is 20.4 Å². The van der Waals surface area contributed by atoms with Gasteiger partial charge in [0.05, 0.1) is 0 Å². The first-order valence-electron chi connectivity index (χ1n) is 11.3. The maximum atomic E-state index is 10.4. The molecular weight excluding hydrogens is 490 g/mol. The van der Waals surface area contributed by atoms with Gasteiger partial charge in [-0.3, -0.25) is 15.0 Å². The maximum absolute atomic E-state index is 10.4. The maximum Gasteiger partial charge on any atom is 0.218 e. The van der Waals surface area contributed by atoms with Gasteiger partial charge in [0.1, 0.15) is 40.8 Å². The Balaban J connectivity index is 1.29.